The normalized spacial score (nSPS) is 20.4. The molecule has 0 amide bonds. The molecule has 0 unspecified atom stereocenters. The molecule has 1 heterocycles. The second kappa shape index (κ2) is 7.93. The molecule has 0 spiro atoms. The van der Waals surface area contributed by atoms with Crippen LogP contribution in [0, 0.1) is 0 Å². The minimum atomic E-state index is -4.92. The highest BCUT2D eigenvalue weighted by Crippen LogP contribution is 2.40. The van der Waals surface area contributed by atoms with E-state index in [9.17, 15) is 30.0 Å². The first-order chi connectivity index (χ1) is 13.8. The second-order valence-electron chi connectivity index (χ2n) is 7.23. The van der Waals surface area contributed by atoms with Crippen molar-refractivity contribution in [3.8, 4) is 11.1 Å². The van der Waals surface area contributed by atoms with Gasteiger partial charge in [0.2, 0.25) is 0 Å². The van der Waals surface area contributed by atoms with Crippen LogP contribution in [-0.4, -0.2) is 46.5 Å². The largest absolute Gasteiger partial charge is 0.417 e. The van der Waals surface area contributed by atoms with Gasteiger partial charge in [0.25, 0.3) is 0 Å². The summed E-state index contributed by atoms with van der Waals surface area (Å²) in [6, 6.07) is 4.08. The van der Waals surface area contributed by atoms with Crippen LogP contribution in [0.4, 0.5) is 13.2 Å². The van der Waals surface area contributed by atoms with Gasteiger partial charge in [-0.25, -0.2) is 16.8 Å². The Bertz CT molecular complexity index is 1160. The van der Waals surface area contributed by atoms with Crippen molar-refractivity contribution < 1.29 is 34.7 Å². The van der Waals surface area contributed by atoms with Crippen molar-refractivity contribution in [1.82, 2.24) is 4.98 Å². The zero-order valence-electron chi connectivity index (χ0n) is 16.2. The second-order valence-corrected chi connectivity index (χ2v) is 11.4. The van der Waals surface area contributed by atoms with Crippen molar-refractivity contribution in [2.45, 2.75) is 46.6 Å². The van der Waals surface area contributed by atoms with Crippen LogP contribution in [-0.2, 0) is 30.6 Å². The lowest BCUT2D eigenvalue weighted by Gasteiger charge is -2.18. The Balaban J connectivity index is 2.10. The van der Waals surface area contributed by atoms with Gasteiger partial charge in [0.05, 0.1) is 26.7 Å². The molecule has 1 saturated carbocycles. The lowest BCUT2D eigenvalue weighted by Crippen LogP contribution is -2.23. The van der Waals surface area contributed by atoms with Gasteiger partial charge >= 0.3 is 6.18 Å². The van der Waals surface area contributed by atoms with Crippen molar-refractivity contribution in [2.75, 3.05) is 13.4 Å². The summed E-state index contributed by atoms with van der Waals surface area (Å²) in [5.74, 6) is 0. The average Bonchev–Trinajstić information content (AvgIpc) is 3.16. The minimum Gasteiger partial charge on any atom is -0.381 e. The number of pyridine rings is 1. The van der Waals surface area contributed by atoms with Crippen LogP contribution in [0.25, 0.3) is 11.1 Å². The lowest BCUT2D eigenvalue weighted by atomic mass is 10.0. The predicted molar refractivity (Wildman–Crippen MR) is 103 cm³/mol. The van der Waals surface area contributed by atoms with Crippen molar-refractivity contribution in [3.63, 3.8) is 0 Å². The highest BCUT2D eigenvalue weighted by molar-refractivity contribution is 7.92. The monoisotopic (exact) mass is 463 g/mol. The molecular weight excluding hydrogens is 443 g/mol. The number of methoxy groups -OCH3 is 1. The van der Waals surface area contributed by atoms with Crippen LogP contribution in [0.1, 0.15) is 24.8 Å². The van der Waals surface area contributed by atoms with Crippen LogP contribution < -0.4 is 0 Å². The first kappa shape index (κ1) is 22.7. The minimum absolute atomic E-state index is 0.0143. The molecule has 1 aromatic heterocycles. The van der Waals surface area contributed by atoms with Gasteiger partial charge in [-0.05, 0) is 43.0 Å². The van der Waals surface area contributed by atoms with Gasteiger partial charge in [-0.3, -0.25) is 4.98 Å². The van der Waals surface area contributed by atoms with Crippen LogP contribution in [0.3, 0.4) is 0 Å². The van der Waals surface area contributed by atoms with Gasteiger partial charge in [0, 0.05) is 31.3 Å². The number of sulfone groups is 2. The number of hydrogen-bond donors (Lipinski definition) is 0. The van der Waals surface area contributed by atoms with Crippen LogP contribution in [0.2, 0.25) is 0 Å². The van der Waals surface area contributed by atoms with Crippen LogP contribution >= 0.6 is 0 Å². The average molecular weight is 463 g/mol. The summed E-state index contributed by atoms with van der Waals surface area (Å²) >= 11 is 0. The Morgan fingerprint density at radius 3 is 2.30 bits per heavy atom. The number of halogens is 3. The van der Waals surface area contributed by atoms with E-state index < -0.39 is 41.6 Å². The summed E-state index contributed by atoms with van der Waals surface area (Å²) in [4.78, 5) is 2.84. The molecule has 1 fully saturated rings. The van der Waals surface area contributed by atoms with Gasteiger partial charge < -0.3 is 4.74 Å². The quantitative estimate of drug-likeness (QED) is 0.674. The molecule has 6 nitrogen and oxygen atoms in total. The molecule has 0 aliphatic heterocycles. The number of hydrogen-bond acceptors (Lipinski definition) is 6. The number of ether oxygens (including phenoxy) is 1. The molecule has 164 valence electrons. The van der Waals surface area contributed by atoms with E-state index in [1.54, 1.807) is 0 Å². The highest BCUT2D eigenvalue weighted by Gasteiger charge is 2.42. The van der Waals surface area contributed by atoms with Crippen LogP contribution in [0.15, 0.2) is 46.5 Å². The van der Waals surface area contributed by atoms with E-state index in [1.807, 2.05) is 0 Å². The molecular formula is C19H20F3NO5S2. The van der Waals surface area contributed by atoms with Crippen molar-refractivity contribution >= 4 is 19.7 Å². The predicted octanol–water partition coefficient (Wildman–Crippen LogP) is 3.51. The standard InChI is InChI=1S/C19H20F3NO5S2/c1-28-14-4-5-15(9-14)30(26,27)18-6-3-12(8-17(18)19(20,21)22)13-7-16(11-23-10-13)29(2,24)25/h3,6-8,10-11,14-15H,4-5,9H2,1-2H3/t14-,15-/m1/s1. The smallest absolute Gasteiger partial charge is 0.381 e. The third kappa shape index (κ3) is 4.52. The third-order valence-corrected chi connectivity index (χ3v) is 8.53. The van der Waals surface area contributed by atoms with Gasteiger partial charge in [0.15, 0.2) is 19.7 Å². The first-order valence-electron chi connectivity index (χ1n) is 8.97. The molecule has 2 aromatic rings. The number of alkyl halides is 3. The Labute approximate surface area is 172 Å². The summed E-state index contributed by atoms with van der Waals surface area (Å²) in [5, 5.41) is -0.954. The van der Waals surface area contributed by atoms with Gasteiger partial charge in [0.1, 0.15) is 0 Å². The lowest BCUT2D eigenvalue weighted by molar-refractivity contribution is -0.139. The Hall–Kier alpha value is -1.98. The maximum Gasteiger partial charge on any atom is 0.417 e. The van der Waals surface area contributed by atoms with E-state index >= 15 is 0 Å². The van der Waals surface area contributed by atoms with E-state index in [4.69, 9.17) is 4.74 Å². The maximum atomic E-state index is 13.8. The summed E-state index contributed by atoms with van der Waals surface area (Å²) in [5.41, 5.74) is -1.14. The molecule has 1 aliphatic rings. The molecule has 30 heavy (non-hydrogen) atoms. The first-order valence-corrected chi connectivity index (χ1v) is 12.4. The fraction of sp³-hybridized carbons (Fsp3) is 0.421. The highest BCUT2D eigenvalue weighted by atomic mass is 32.2. The molecule has 0 N–H and O–H groups in total. The van der Waals surface area contributed by atoms with Crippen molar-refractivity contribution in [1.29, 1.82) is 0 Å². The summed E-state index contributed by atoms with van der Waals surface area (Å²) in [6.07, 6.45) is -1.13. The number of nitrogens with zero attached hydrogens (tertiary/aromatic N) is 1. The van der Waals surface area contributed by atoms with Crippen molar-refractivity contribution in [2.24, 2.45) is 0 Å². The zero-order chi connectivity index (χ0) is 22.3. The van der Waals surface area contributed by atoms with E-state index in [0.29, 0.717) is 6.42 Å². The van der Waals surface area contributed by atoms with E-state index in [-0.39, 0.29) is 35.0 Å². The van der Waals surface area contributed by atoms with Gasteiger partial charge in [-0.1, -0.05) is 6.07 Å². The molecule has 0 bridgehead atoms. The van der Waals surface area contributed by atoms with Gasteiger partial charge in [-0.2, -0.15) is 13.2 Å². The van der Waals surface area contributed by atoms with E-state index in [1.165, 1.54) is 25.4 Å². The Morgan fingerprint density at radius 2 is 1.73 bits per heavy atom. The SMILES string of the molecule is CO[C@@H]1CC[C@@H](S(=O)(=O)c2ccc(-c3cncc(S(C)(=O)=O)c3)cc2C(F)(F)F)C1. The number of benzene rings is 1. The van der Waals surface area contributed by atoms with E-state index in [2.05, 4.69) is 4.98 Å². The zero-order valence-corrected chi connectivity index (χ0v) is 17.8. The summed E-state index contributed by atoms with van der Waals surface area (Å²) in [6.45, 7) is 0. The summed E-state index contributed by atoms with van der Waals surface area (Å²) < 4.78 is 95.8. The molecule has 11 heteroatoms. The third-order valence-electron chi connectivity index (χ3n) is 5.17. The molecule has 0 saturated heterocycles. The number of aromatic nitrogens is 1. The Kier molecular flexibility index (Phi) is 6.00. The Morgan fingerprint density at radius 1 is 1.03 bits per heavy atom. The maximum absolute atomic E-state index is 13.8. The topological polar surface area (TPSA) is 90.4 Å². The molecule has 0 radical (unpaired) electrons. The van der Waals surface area contributed by atoms with Crippen molar-refractivity contribution in [3.05, 3.63) is 42.2 Å². The number of rotatable bonds is 5. The van der Waals surface area contributed by atoms with Crippen LogP contribution in [0.5, 0.6) is 0 Å². The molecule has 1 aromatic carbocycles. The van der Waals surface area contributed by atoms with Gasteiger partial charge in [-0.15, -0.1) is 0 Å². The molecule has 2 atom stereocenters. The fourth-order valence-corrected chi connectivity index (χ4v) is 6.14. The summed E-state index contributed by atoms with van der Waals surface area (Å²) in [7, 11) is -6.41. The fourth-order valence-electron chi connectivity index (χ4n) is 3.53. The molecule has 3 rings (SSSR count). The molecule has 1 aliphatic carbocycles. The van der Waals surface area contributed by atoms with E-state index in [0.717, 1.165) is 24.6 Å².